The first-order chi connectivity index (χ1) is 9.90. The van der Waals surface area contributed by atoms with E-state index in [2.05, 4.69) is 14.9 Å². The van der Waals surface area contributed by atoms with Gasteiger partial charge in [0.15, 0.2) is 5.82 Å². The largest absolute Gasteiger partial charge is 0.392 e. The van der Waals surface area contributed by atoms with Crippen LogP contribution in [0.5, 0.6) is 0 Å². The van der Waals surface area contributed by atoms with Gasteiger partial charge in [-0.3, -0.25) is 0 Å². The zero-order valence-electron chi connectivity index (χ0n) is 10.8. The lowest BCUT2D eigenvalue weighted by molar-refractivity contribution is -0.168. The summed E-state index contributed by atoms with van der Waals surface area (Å²) in [5.41, 5.74) is 0. The molecule has 1 aliphatic heterocycles. The number of hydrogen-bond acceptors (Lipinski definition) is 6. The molecule has 21 heavy (non-hydrogen) atoms. The van der Waals surface area contributed by atoms with E-state index < -0.39 is 37.6 Å². The molecule has 120 valence electrons. The third-order valence-electron chi connectivity index (χ3n) is 2.97. The molecule has 0 spiro atoms. The van der Waals surface area contributed by atoms with E-state index in [0.29, 0.717) is 13.0 Å². The van der Waals surface area contributed by atoms with Crippen molar-refractivity contribution in [3.63, 3.8) is 0 Å². The minimum atomic E-state index is -4.22. The Bertz CT molecular complexity index is 457. The molecule has 0 aromatic carbocycles. The molecule has 0 aliphatic carbocycles. The number of aliphatic hydroxyl groups is 1. The molecular weight excluding hydrogens is 300 g/mol. The summed E-state index contributed by atoms with van der Waals surface area (Å²) in [5, 5.41) is 13.2. The van der Waals surface area contributed by atoms with Crippen LogP contribution in [0.1, 0.15) is 24.1 Å². The maximum Gasteiger partial charge on any atom is 0.330 e. The number of halogens is 4. The quantitative estimate of drug-likeness (QED) is 0.799. The Hall–Kier alpha value is -1.26. The summed E-state index contributed by atoms with van der Waals surface area (Å²) in [4.78, 5) is 3.87. The van der Waals surface area contributed by atoms with E-state index in [1.807, 2.05) is 0 Å². The van der Waals surface area contributed by atoms with Crippen LogP contribution >= 0.6 is 0 Å². The Morgan fingerprint density at radius 3 is 2.86 bits per heavy atom. The summed E-state index contributed by atoms with van der Waals surface area (Å²) in [6.07, 6.45) is -4.08. The molecule has 1 saturated heterocycles. The van der Waals surface area contributed by atoms with Crippen molar-refractivity contribution >= 4 is 0 Å². The van der Waals surface area contributed by atoms with E-state index in [4.69, 9.17) is 9.26 Å². The Kier molecular flexibility index (Phi) is 5.12. The minimum absolute atomic E-state index is 0.0622. The highest BCUT2D eigenvalue weighted by atomic mass is 19.3. The summed E-state index contributed by atoms with van der Waals surface area (Å²) in [7, 11) is 0. The molecule has 1 fully saturated rings. The van der Waals surface area contributed by atoms with Crippen LogP contribution in [-0.4, -0.2) is 53.5 Å². The highest BCUT2D eigenvalue weighted by Crippen LogP contribution is 2.25. The maximum atomic E-state index is 12.6. The third-order valence-corrected chi connectivity index (χ3v) is 2.97. The van der Waals surface area contributed by atoms with Crippen molar-refractivity contribution in [2.45, 2.75) is 37.4 Å². The van der Waals surface area contributed by atoms with Gasteiger partial charge >= 0.3 is 12.3 Å². The molecule has 0 amide bonds. The van der Waals surface area contributed by atoms with Gasteiger partial charge in [-0.05, 0) is 6.42 Å². The number of aromatic nitrogens is 2. The third kappa shape index (κ3) is 4.11. The molecule has 1 aliphatic rings. The molecule has 0 radical (unpaired) electrons. The second kappa shape index (κ2) is 6.67. The standard InChI is InChI=1S/C11H14F4N2O4/c12-10(13)11(14,15)5-20-4-8-16-9(21-17-8)6-3-19-2-1-7(6)18/h6-7,10,18H,1-5H2. The monoisotopic (exact) mass is 314 g/mol. The zero-order chi connectivity index (χ0) is 15.5. The highest BCUT2D eigenvalue weighted by molar-refractivity contribution is 4.98. The Labute approximate surface area is 117 Å². The van der Waals surface area contributed by atoms with Gasteiger partial charge in [0.2, 0.25) is 5.89 Å². The van der Waals surface area contributed by atoms with Gasteiger partial charge in [-0.1, -0.05) is 5.16 Å². The molecule has 0 saturated carbocycles. The molecule has 1 N–H and O–H groups in total. The van der Waals surface area contributed by atoms with E-state index in [9.17, 15) is 22.7 Å². The van der Waals surface area contributed by atoms with Crippen molar-refractivity contribution in [2.75, 3.05) is 19.8 Å². The Balaban J connectivity index is 1.86. The SMILES string of the molecule is OC1CCOCC1c1nc(COCC(F)(F)C(F)F)no1. The Morgan fingerprint density at radius 1 is 1.43 bits per heavy atom. The van der Waals surface area contributed by atoms with Crippen LogP contribution in [0.15, 0.2) is 4.52 Å². The summed E-state index contributed by atoms with van der Waals surface area (Å²) in [6, 6.07) is 0. The molecule has 1 aromatic rings. The lowest BCUT2D eigenvalue weighted by atomic mass is 9.99. The van der Waals surface area contributed by atoms with E-state index >= 15 is 0 Å². The summed E-state index contributed by atoms with van der Waals surface area (Å²) < 4.78 is 63.5. The predicted octanol–water partition coefficient (Wildman–Crippen LogP) is 1.35. The topological polar surface area (TPSA) is 77.6 Å². The minimum Gasteiger partial charge on any atom is -0.392 e. The van der Waals surface area contributed by atoms with Crippen LogP contribution in [0.25, 0.3) is 0 Å². The van der Waals surface area contributed by atoms with Gasteiger partial charge in [0.25, 0.3) is 0 Å². The smallest absolute Gasteiger partial charge is 0.330 e. The second-order valence-corrected chi connectivity index (χ2v) is 4.64. The van der Waals surface area contributed by atoms with E-state index in [1.54, 1.807) is 0 Å². The van der Waals surface area contributed by atoms with Crippen LogP contribution in [0.3, 0.4) is 0 Å². The normalized spacial score (nSPS) is 23.7. The number of hydrogen-bond donors (Lipinski definition) is 1. The number of rotatable bonds is 6. The van der Waals surface area contributed by atoms with Gasteiger partial charge in [-0.15, -0.1) is 0 Å². The molecule has 2 atom stereocenters. The summed E-state index contributed by atoms with van der Waals surface area (Å²) in [5.74, 6) is -4.68. The van der Waals surface area contributed by atoms with E-state index in [1.165, 1.54) is 0 Å². The fourth-order valence-electron chi connectivity index (χ4n) is 1.78. The number of alkyl halides is 4. The van der Waals surface area contributed by atoms with Crippen molar-refractivity contribution in [1.29, 1.82) is 0 Å². The van der Waals surface area contributed by atoms with Crippen molar-refractivity contribution < 1.29 is 36.7 Å². The molecule has 0 bridgehead atoms. The molecular formula is C11H14F4N2O4. The summed E-state index contributed by atoms with van der Waals surface area (Å²) >= 11 is 0. The van der Waals surface area contributed by atoms with Gasteiger partial charge in [-0.2, -0.15) is 13.8 Å². The second-order valence-electron chi connectivity index (χ2n) is 4.64. The Morgan fingerprint density at radius 2 is 2.19 bits per heavy atom. The van der Waals surface area contributed by atoms with Gasteiger partial charge in [0.1, 0.15) is 13.2 Å². The van der Waals surface area contributed by atoms with Crippen LogP contribution in [0.4, 0.5) is 17.6 Å². The number of nitrogens with zero attached hydrogens (tertiary/aromatic N) is 2. The zero-order valence-corrected chi connectivity index (χ0v) is 10.8. The van der Waals surface area contributed by atoms with Crippen LogP contribution in [-0.2, 0) is 16.1 Å². The van der Waals surface area contributed by atoms with Crippen LogP contribution in [0, 0.1) is 0 Å². The first-order valence-electron chi connectivity index (χ1n) is 6.22. The predicted molar refractivity (Wildman–Crippen MR) is 59.1 cm³/mol. The first-order valence-corrected chi connectivity index (χ1v) is 6.22. The number of ether oxygens (including phenoxy) is 2. The van der Waals surface area contributed by atoms with Crippen molar-refractivity contribution in [3.05, 3.63) is 11.7 Å². The molecule has 2 rings (SSSR count). The van der Waals surface area contributed by atoms with Crippen molar-refractivity contribution in [2.24, 2.45) is 0 Å². The van der Waals surface area contributed by atoms with Crippen LogP contribution in [0.2, 0.25) is 0 Å². The average Bonchev–Trinajstić information content (AvgIpc) is 2.87. The van der Waals surface area contributed by atoms with E-state index in [-0.39, 0.29) is 18.3 Å². The number of aliphatic hydroxyl groups excluding tert-OH is 1. The lowest BCUT2D eigenvalue weighted by Crippen LogP contribution is -2.32. The maximum absolute atomic E-state index is 12.6. The highest BCUT2D eigenvalue weighted by Gasteiger charge is 2.41. The van der Waals surface area contributed by atoms with Gasteiger partial charge < -0.3 is 19.1 Å². The molecule has 1 aromatic heterocycles. The molecule has 2 heterocycles. The van der Waals surface area contributed by atoms with Gasteiger partial charge in [0, 0.05) is 6.61 Å². The summed E-state index contributed by atoms with van der Waals surface area (Å²) in [6.45, 7) is -1.31. The van der Waals surface area contributed by atoms with Gasteiger partial charge in [0.05, 0.1) is 18.6 Å². The van der Waals surface area contributed by atoms with Gasteiger partial charge in [-0.25, -0.2) is 8.78 Å². The average molecular weight is 314 g/mol. The fourth-order valence-corrected chi connectivity index (χ4v) is 1.78. The van der Waals surface area contributed by atoms with Crippen molar-refractivity contribution in [3.8, 4) is 0 Å². The molecule has 6 nitrogen and oxygen atoms in total. The van der Waals surface area contributed by atoms with Crippen molar-refractivity contribution in [1.82, 2.24) is 10.1 Å². The van der Waals surface area contributed by atoms with Crippen LogP contribution < -0.4 is 0 Å². The lowest BCUT2D eigenvalue weighted by Gasteiger charge is -2.24. The van der Waals surface area contributed by atoms with E-state index in [0.717, 1.165) is 0 Å². The fraction of sp³-hybridized carbons (Fsp3) is 0.818. The first kappa shape index (κ1) is 16.1. The molecule has 2 unspecified atom stereocenters. The molecule has 10 heteroatoms.